The maximum absolute atomic E-state index is 13.5. The van der Waals surface area contributed by atoms with Gasteiger partial charge in [0.25, 0.3) is 22.8 Å². The van der Waals surface area contributed by atoms with Gasteiger partial charge in [-0.3, -0.25) is 14.6 Å². The number of aryl methyl sites for hydroxylation is 1. The zero-order valence-electron chi connectivity index (χ0n) is 20.2. The predicted molar refractivity (Wildman–Crippen MR) is 140 cm³/mol. The van der Waals surface area contributed by atoms with Crippen molar-refractivity contribution in [1.29, 1.82) is 5.26 Å². The van der Waals surface area contributed by atoms with Crippen LogP contribution in [0.4, 0.5) is 5.69 Å². The molecule has 3 N–H and O–H groups in total. The fourth-order valence-corrected chi connectivity index (χ4v) is 4.70. The summed E-state index contributed by atoms with van der Waals surface area (Å²) in [5, 5.41) is 19.3. The van der Waals surface area contributed by atoms with Crippen LogP contribution in [0, 0.1) is 18.3 Å². The lowest BCUT2D eigenvalue weighted by Crippen LogP contribution is -2.37. The Bertz CT molecular complexity index is 1520. The van der Waals surface area contributed by atoms with Crippen LogP contribution in [0.25, 0.3) is 0 Å². The topological polar surface area (TPSA) is 166 Å². The number of amides is 2. The third-order valence-corrected chi connectivity index (χ3v) is 6.53. The molecule has 0 saturated carbocycles. The molecule has 1 aromatic carbocycles. The van der Waals surface area contributed by atoms with E-state index in [1.54, 1.807) is 36.4 Å². The lowest BCUT2D eigenvalue weighted by atomic mass is 10.0. The molecule has 1 atom stereocenters. The first-order valence-corrected chi connectivity index (χ1v) is 12.7. The standard InChI is InChI=1S/C24H22ClN7O5S/c1-13-8-14(10-26)9-15(23(33)27-2)20(13)30-24(34)17-12-32(7-5-19(17)37-38(35)36)22-16(11-29-31-22)21-18(25)4-3-6-28-21/h3-9,16,29,38H,11-12H2,1-2H3,(H,27,33)(H,30,34). The number of aromatic nitrogens is 1. The number of anilines is 1. The highest BCUT2D eigenvalue weighted by molar-refractivity contribution is 7.67. The molecule has 4 rings (SSSR count). The fourth-order valence-electron chi connectivity index (χ4n) is 4.11. The van der Waals surface area contributed by atoms with Gasteiger partial charge >= 0.3 is 0 Å². The summed E-state index contributed by atoms with van der Waals surface area (Å²) in [4.78, 5) is 32.0. The van der Waals surface area contributed by atoms with E-state index >= 15 is 0 Å². The first-order chi connectivity index (χ1) is 18.2. The van der Waals surface area contributed by atoms with Crippen LogP contribution in [0.5, 0.6) is 0 Å². The first kappa shape index (κ1) is 26.6. The van der Waals surface area contributed by atoms with Crippen molar-refractivity contribution in [2.75, 3.05) is 25.5 Å². The lowest BCUT2D eigenvalue weighted by Gasteiger charge is -2.28. The number of amidine groups is 1. The van der Waals surface area contributed by atoms with E-state index in [0.29, 0.717) is 28.7 Å². The van der Waals surface area contributed by atoms with Crippen molar-refractivity contribution < 1.29 is 22.2 Å². The van der Waals surface area contributed by atoms with Crippen molar-refractivity contribution in [2.45, 2.75) is 12.8 Å². The molecule has 0 aliphatic carbocycles. The Balaban J connectivity index is 1.68. The quantitative estimate of drug-likeness (QED) is 0.387. The van der Waals surface area contributed by atoms with E-state index in [-0.39, 0.29) is 40.6 Å². The minimum atomic E-state index is -3.32. The minimum absolute atomic E-state index is 0.0289. The molecule has 0 radical (unpaired) electrons. The van der Waals surface area contributed by atoms with Gasteiger partial charge in [-0.15, -0.1) is 0 Å². The molecule has 0 saturated heterocycles. The Labute approximate surface area is 224 Å². The summed E-state index contributed by atoms with van der Waals surface area (Å²) < 4.78 is 27.7. The van der Waals surface area contributed by atoms with Crippen LogP contribution in [0.15, 0.2) is 59.2 Å². The summed E-state index contributed by atoms with van der Waals surface area (Å²) in [5.74, 6) is -1.22. The number of hydrogen-bond donors (Lipinski definition) is 4. The number of nitrogens with zero attached hydrogens (tertiary/aromatic N) is 4. The Hall–Kier alpha value is -4.41. The van der Waals surface area contributed by atoms with Gasteiger partial charge in [-0.05, 0) is 42.8 Å². The SMILES string of the molecule is CNC(=O)c1cc(C#N)cc(C)c1NC(=O)C1=C(O[SH](=O)=O)C=CN(C2=NNCC2c2ncccc2Cl)C1. The molecular formula is C24H22ClN7O5S. The highest BCUT2D eigenvalue weighted by Crippen LogP contribution is 2.30. The second-order valence-corrected chi connectivity index (χ2v) is 9.25. The Kier molecular flexibility index (Phi) is 7.94. The Morgan fingerprint density at radius 3 is 2.79 bits per heavy atom. The molecule has 38 heavy (non-hydrogen) atoms. The Morgan fingerprint density at radius 1 is 1.32 bits per heavy atom. The second kappa shape index (κ2) is 11.3. The maximum atomic E-state index is 13.5. The number of carbonyl (C=O) groups excluding carboxylic acids is 2. The molecule has 196 valence electrons. The number of thiol groups is 1. The summed E-state index contributed by atoms with van der Waals surface area (Å²) in [6.07, 6.45) is 4.50. The summed E-state index contributed by atoms with van der Waals surface area (Å²) in [6.45, 7) is 1.95. The van der Waals surface area contributed by atoms with Gasteiger partial charge in [0.15, 0.2) is 5.76 Å². The summed E-state index contributed by atoms with van der Waals surface area (Å²) in [6, 6.07) is 8.28. The molecule has 0 bridgehead atoms. The number of benzene rings is 1. The molecule has 1 unspecified atom stereocenters. The van der Waals surface area contributed by atoms with Gasteiger partial charge in [0, 0.05) is 26.0 Å². The number of hydrazone groups is 1. The summed E-state index contributed by atoms with van der Waals surface area (Å²) in [7, 11) is -1.89. The average molecular weight is 556 g/mol. The van der Waals surface area contributed by atoms with Crippen LogP contribution in [-0.2, 0) is 20.0 Å². The van der Waals surface area contributed by atoms with E-state index in [1.165, 1.54) is 25.3 Å². The van der Waals surface area contributed by atoms with Gasteiger partial charge in [-0.2, -0.15) is 18.8 Å². The molecule has 0 spiro atoms. The van der Waals surface area contributed by atoms with E-state index in [9.17, 15) is 23.3 Å². The number of allylic oxidation sites excluding steroid dienone is 1. The smallest absolute Gasteiger partial charge is 0.299 e. The van der Waals surface area contributed by atoms with Gasteiger partial charge in [-0.25, -0.2) is 0 Å². The fraction of sp³-hybridized carbons (Fsp3) is 0.208. The second-order valence-electron chi connectivity index (χ2n) is 8.22. The van der Waals surface area contributed by atoms with Gasteiger partial charge in [0.1, 0.15) is 5.84 Å². The molecule has 2 amide bonds. The number of pyridine rings is 1. The van der Waals surface area contributed by atoms with Crippen molar-refractivity contribution in [1.82, 2.24) is 20.6 Å². The minimum Gasteiger partial charge on any atom is -0.384 e. The Morgan fingerprint density at radius 2 is 2.11 bits per heavy atom. The van der Waals surface area contributed by atoms with Crippen LogP contribution in [0.3, 0.4) is 0 Å². The van der Waals surface area contributed by atoms with E-state index in [4.69, 9.17) is 15.8 Å². The number of hydrogen-bond acceptors (Lipinski definition) is 10. The number of halogens is 1. The normalized spacial score (nSPS) is 16.6. The largest absolute Gasteiger partial charge is 0.384 e. The molecule has 1 aromatic heterocycles. The summed E-state index contributed by atoms with van der Waals surface area (Å²) >= 11 is 6.35. The van der Waals surface area contributed by atoms with Crippen molar-refractivity contribution in [3.05, 3.63) is 81.5 Å². The molecule has 2 aliphatic rings. The summed E-state index contributed by atoms with van der Waals surface area (Å²) in [5.41, 5.74) is 4.43. The number of carbonyl (C=O) groups is 2. The number of nitriles is 1. The van der Waals surface area contributed by atoms with Crippen LogP contribution in [0.1, 0.15) is 33.1 Å². The zero-order valence-corrected chi connectivity index (χ0v) is 21.8. The van der Waals surface area contributed by atoms with Crippen molar-refractivity contribution in [3.8, 4) is 6.07 Å². The molecule has 0 fully saturated rings. The molecule has 2 aromatic rings. The van der Waals surface area contributed by atoms with Gasteiger partial charge in [0.05, 0.1) is 51.6 Å². The zero-order chi connectivity index (χ0) is 27.4. The molecule has 12 nitrogen and oxygen atoms in total. The first-order valence-electron chi connectivity index (χ1n) is 11.2. The van der Waals surface area contributed by atoms with Crippen LogP contribution < -0.4 is 16.1 Å². The van der Waals surface area contributed by atoms with Gasteiger partial charge in [-0.1, -0.05) is 11.6 Å². The van der Waals surface area contributed by atoms with Crippen LogP contribution >= 0.6 is 11.6 Å². The van der Waals surface area contributed by atoms with E-state index < -0.39 is 22.8 Å². The third-order valence-electron chi connectivity index (χ3n) is 5.87. The molecule has 14 heteroatoms. The number of nitrogens with one attached hydrogen (secondary N) is 3. The van der Waals surface area contributed by atoms with Gasteiger partial charge in [0.2, 0.25) is 0 Å². The highest BCUT2D eigenvalue weighted by Gasteiger charge is 2.33. The van der Waals surface area contributed by atoms with Crippen LogP contribution in [0.2, 0.25) is 5.02 Å². The molecule has 3 heterocycles. The number of rotatable bonds is 6. The van der Waals surface area contributed by atoms with Crippen molar-refractivity contribution in [3.63, 3.8) is 0 Å². The highest BCUT2D eigenvalue weighted by atomic mass is 35.5. The maximum Gasteiger partial charge on any atom is 0.299 e. The monoisotopic (exact) mass is 555 g/mol. The van der Waals surface area contributed by atoms with Crippen LogP contribution in [-0.4, -0.2) is 56.1 Å². The lowest BCUT2D eigenvalue weighted by molar-refractivity contribution is -0.113. The molecule has 2 aliphatic heterocycles. The van der Waals surface area contributed by atoms with Crippen molar-refractivity contribution in [2.24, 2.45) is 5.10 Å². The van der Waals surface area contributed by atoms with Crippen molar-refractivity contribution >= 4 is 45.9 Å². The van der Waals surface area contributed by atoms with E-state index in [0.717, 1.165) is 0 Å². The van der Waals surface area contributed by atoms with E-state index in [1.807, 2.05) is 6.07 Å². The average Bonchev–Trinajstić information content (AvgIpc) is 3.39. The molecular weight excluding hydrogens is 534 g/mol. The third kappa shape index (κ3) is 5.46. The predicted octanol–water partition coefficient (Wildman–Crippen LogP) is 1.54. The van der Waals surface area contributed by atoms with Gasteiger partial charge < -0.3 is 25.1 Å². The van der Waals surface area contributed by atoms with E-state index in [2.05, 4.69) is 26.1 Å².